The van der Waals surface area contributed by atoms with Crippen LogP contribution in [0.4, 0.5) is 5.13 Å². The molecule has 4 heterocycles. The van der Waals surface area contributed by atoms with Crippen molar-refractivity contribution in [3.8, 4) is 5.75 Å². The van der Waals surface area contributed by atoms with E-state index >= 15 is 0 Å². The molecule has 42 heavy (non-hydrogen) atoms. The van der Waals surface area contributed by atoms with Crippen molar-refractivity contribution in [2.45, 2.75) is 30.0 Å². The van der Waals surface area contributed by atoms with E-state index in [1.807, 2.05) is 37.3 Å². The van der Waals surface area contributed by atoms with Crippen molar-refractivity contribution < 1.29 is 19.4 Å². The summed E-state index contributed by atoms with van der Waals surface area (Å²) in [6.45, 7) is 4.05. The molecule has 0 bridgehead atoms. The number of nitrogens with zero attached hydrogens (tertiary/aromatic N) is 5. The summed E-state index contributed by atoms with van der Waals surface area (Å²) in [5.74, 6) is -0.837. The number of ether oxygens (including phenoxy) is 1. The van der Waals surface area contributed by atoms with Gasteiger partial charge < -0.3 is 9.84 Å². The molecule has 1 unspecified atom stereocenters. The Bertz CT molecular complexity index is 1870. The smallest absolute Gasteiger partial charge is 0.301 e. The van der Waals surface area contributed by atoms with Crippen LogP contribution in [0.3, 0.4) is 0 Å². The summed E-state index contributed by atoms with van der Waals surface area (Å²) < 4.78 is 8.01. The number of amides is 1. The summed E-state index contributed by atoms with van der Waals surface area (Å²) in [5.41, 5.74) is 2.91. The van der Waals surface area contributed by atoms with Gasteiger partial charge in [-0.3, -0.25) is 18.9 Å². The Morgan fingerprint density at radius 1 is 1.10 bits per heavy atom. The normalized spacial score (nSPS) is 16.5. The lowest BCUT2D eigenvalue weighted by Crippen LogP contribution is -2.29. The van der Waals surface area contributed by atoms with Crippen LogP contribution in [0.5, 0.6) is 5.75 Å². The molecule has 2 aromatic carbocycles. The molecular weight excluding hydrogens is 594 g/mol. The maximum Gasteiger partial charge on any atom is 0.301 e. The zero-order valence-corrected chi connectivity index (χ0v) is 24.9. The molecule has 1 aliphatic heterocycles. The second-order valence-electron chi connectivity index (χ2n) is 9.38. The molecule has 1 saturated heterocycles. The fourth-order valence-corrected chi connectivity index (χ4v) is 7.08. The van der Waals surface area contributed by atoms with Gasteiger partial charge in [0.1, 0.15) is 17.1 Å². The number of rotatable bonds is 8. The number of aryl methyl sites for hydroxylation is 1. The summed E-state index contributed by atoms with van der Waals surface area (Å²) in [5, 5.41) is 21.2. The third-order valence-electron chi connectivity index (χ3n) is 6.77. The predicted molar refractivity (Wildman–Crippen MR) is 163 cm³/mol. The van der Waals surface area contributed by atoms with Crippen molar-refractivity contribution in [3.05, 3.63) is 106 Å². The van der Waals surface area contributed by atoms with E-state index in [0.717, 1.165) is 5.56 Å². The van der Waals surface area contributed by atoms with E-state index < -0.39 is 17.7 Å². The Balaban J connectivity index is 1.45. The van der Waals surface area contributed by atoms with E-state index in [1.165, 1.54) is 28.0 Å². The number of hydrogen-bond acceptors (Lipinski definition) is 9. The summed E-state index contributed by atoms with van der Waals surface area (Å²) >= 11 is 8.93. The van der Waals surface area contributed by atoms with Gasteiger partial charge in [0.05, 0.1) is 23.9 Å². The summed E-state index contributed by atoms with van der Waals surface area (Å²) in [6.07, 6.45) is 1.75. The molecule has 3 aromatic heterocycles. The minimum absolute atomic E-state index is 0.0668. The number of Topliss-reactive ketones (excluding diaryl/α,β-unsaturated/α-hetero) is 1. The van der Waals surface area contributed by atoms with Crippen molar-refractivity contribution in [2.75, 3.05) is 11.5 Å². The largest absolute Gasteiger partial charge is 0.505 e. The number of imidazole rings is 1. The average molecular weight is 618 g/mol. The third-order valence-corrected chi connectivity index (χ3v) is 9.24. The molecule has 212 valence electrons. The van der Waals surface area contributed by atoms with Crippen LogP contribution in [0.2, 0.25) is 5.02 Å². The lowest BCUT2D eigenvalue weighted by molar-refractivity contribution is -0.132. The molecule has 1 N–H and O–H groups in total. The Hall–Kier alpha value is -4.19. The number of aliphatic hydroxyl groups excluding tert-OH is 1. The van der Waals surface area contributed by atoms with Gasteiger partial charge in [0.2, 0.25) is 5.13 Å². The van der Waals surface area contributed by atoms with Crippen molar-refractivity contribution >= 4 is 62.9 Å². The number of carbonyl (C=O) groups excluding carboxylic acids is 2. The molecule has 9 nitrogen and oxygen atoms in total. The van der Waals surface area contributed by atoms with Crippen LogP contribution in [-0.2, 0) is 15.3 Å². The van der Waals surface area contributed by atoms with E-state index in [1.54, 1.807) is 53.9 Å². The standard InChI is InChI=1S/C30H24ClN5O4S2/c1-3-40-20-11-8-10-18(15-20)25-23(26(37)24-17(2)32-22-13-6-7-14-35(22)24)27(38)28(39)36(25)29-33-34-30(42-29)41-16-19-9-4-5-12-21(19)31/h4-15,25,37H,3,16H2,1-2H3. The fourth-order valence-electron chi connectivity index (χ4n) is 4.93. The number of anilines is 1. The molecule has 0 radical (unpaired) electrons. The monoisotopic (exact) mass is 617 g/mol. The SMILES string of the molecule is CCOc1cccc(C2C(=C(O)c3c(C)nc4ccccn34)C(=O)C(=O)N2c2nnc(SCc3ccccc3Cl)s2)c1. The van der Waals surface area contributed by atoms with E-state index in [-0.39, 0.29) is 16.5 Å². The number of benzene rings is 2. The lowest BCUT2D eigenvalue weighted by atomic mass is 9.96. The van der Waals surface area contributed by atoms with Crippen LogP contribution < -0.4 is 9.64 Å². The van der Waals surface area contributed by atoms with Crippen LogP contribution in [0.15, 0.2) is 82.8 Å². The summed E-state index contributed by atoms with van der Waals surface area (Å²) in [4.78, 5) is 33.2. The zero-order chi connectivity index (χ0) is 29.4. The van der Waals surface area contributed by atoms with Crippen molar-refractivity contribution in [2.24, 2.45) is 0 Å². The second kappa shape index (κ2) is 11.6. The molecule has 0 aliphatic carbocycles. The van der Waals surface area contributed by atoms with Gasteiger partial charge in [-0.2, -0.15) is 0 Å². The fraction of sp³-hybridized carbons (Fsp3) is 0.167. The van der Waals surface area contributed by atoms with Gasteiger partial charge in [-0.05, 0) is 55.3 Å². The predicted octanol–water partition coefficient (Wildman–Crippen LogP) is 6.46. The molecule has 6 rings (SSSR count). The lowest BCUT2D eigenvalue weighted by Gasteiger charge is -2.23. The average Bonchev–Trinajstić information content (AvgIpc) is 3.66. The van der Waals surface area contributed by atoms with Gasteiger partial charge in [-0.15, -0.1) is 10.2 Å². The Labute approximate surface area is 254 Å². The van der Waals surface area contributed by atoms with Crippen molar-refractivity contribution in [1.29, 1.82) is 0 Å². The summed E-state index contributed by atoms with van der Waals surface area (Å²) in [7, 11) is 0. The molecular formula is C30H24ClN5O4S2. The van der Waals surface area contributed by atoms with Gasteiger partial charge in [-0.1, -0.05) is 71.1 Å². The van der Waals surface area contributed by atoms with Crippen LogP contribution >= 0.6 is 34.7 Å². The first kappa shape index (κ1) is 28.0. The maximum atomic E-state index is 13.7. The van der Waals surface area contributed by atoms with Gasteiger partial charge in [-0.25, -0.2) is 4.98 Å². The van der Waals surface area contributed by atoms with Gasteiger partial charge in [0.15, 0.2) is 10.1 Å². The molecule has 5 aromatic rings. The number of ketones is 1. The van der Waals surface area contributed by atoms with Crippen LogP contribution in [0.25, 0.3) is 11.4 Å². The number of halogens is 1. The number of thioether (sulfide) groups is 1. The topological polar surface area (TPSA) is 110 Å². The first-order valence-corrected chi connectivity index (χ1v) is 15.2. The highest BCUT2D eigenvalue weighted by Crippen LogP contribution is 2.45. The Morgan fingerprint density at radius 3 is 2.71 bits per heavy atom. The molecule has 1 fully saturated rings. The number of fused-ring (bicyclic) bond motifs is 1. The number of aromatic nitrogens is 4. The van der Waals surface area contributed by atoms with Crippen LogP contribution in [0.1, 0.15) is 35.5 Å². The molecule has 0 saturated carbocycles. The van der Waals surface area contributed by atoms with Crippen molar-refractivity contribution in [3.63, 3.8) is 0 Å². The number of hydrogen-bond donors (Lipinski definition) is 1. The highest BCUT2D eigenvalue weighted by molar-refractivity contribution is 8.00. The Morgan fingerprint density at radius 2 is 1.90 bits per heavy atom. The highest BCUT2D eigenvalue weighted by atomic mass is 35.5. The van der Waals surface area contributed by atoms with E-state index in [4.69, 9.17) is 16.3 Å². The van der Waals surface area contributed by atoms with Crippen LogP contribution in [0, 0.1) is 6.92 Å². The number of carbonyl (C=O) groups is 2. The quantitative estimate of drug-likeness (QED) is 0.0694. The summed E-state index contributed by atoms with van der Waals surface area (Å²) in [6, 6.07) is 19.1. The van der Waals surface area contributed by atoms with E-state index in [0.29, 0.717) is 50.1 Å². The number of aliphatic hydroxyl groups is 1. The Kier molecular flexibility index (Phi) is 7.72. The van der Waals surface area contributed by atoms with Gasteiger partial charge in [0.25, 0.3) is 5.78 Å². The minimum atomic E-state index is -0.978. The second-order valence-corrected chi connectivity index (χ2v) is 12.0. The van der Waals surface area contributed by atoms with E-state index in [2.05, 4.69) is 15.2 Å². The molecule has 12 heteroatoms. The molecule has 1 amide bonds. The van der Waals surface area contributed by atoms with Crippen LogP contribution in [-0.4, -0.2) is 43.0 Å². The molecule has 0 spiro atoms. The molecule has 1 atom stereocenters. The maximum absolute atomic E-state index is 13.7. The first-order chi connectivity index (χ1) is 20.4. The zero-order valence-electron chi connectivity index (χ0n) is 22.5. The van der Waals surface area contributed by atoms with Gasteiger partial charge in [0, 0.05) is 17.0 Å². The minimum Gasteiger partial charge on any atom is -0.505 e. The number of pyridine rings is 1. The first-order valence-electron chi connectivity index (χ1n) is 13.0. The highest BCUT2D eigenvalue weighted by Gasteiger charge is 2.49. The van der Waals surface area contributed by atoms with Crippen molar-refractivity contribution in [1.82, 2.24) is 19.6 Å². The van der Waals surface area contributed by atoms with E-state index in [9.17, 15) is 14.7 Å². The van der Waals surface area contributed by atoms with Gasteiger partial charge >= 0.3 is 5.91 Å². The third kappa shape index (κ3) is 5.04. The molecule has 1 aliphatic rings.